The summed E-state index contributed by atoms with van der Waals surface area (Å²) >= 11 is 0. The van der Waals surface area contributed by atoms with Crippen molar-refractivity contribution in [2.75, 3.05) is 46.1 Å². The van der Waals surface area contributed by atoms with E-state index in [-0.39, 0.29) is 6.61 Å². The van der Waals surface area contributed by atoms with E-state index in [1.807, 2.05) is 30.3 Å². The summed E-state index contributed by atoms with van der Waals surface area (Å²) in [7, 11) is -2.21. The molecule has 0 radical (unpaired) electrons. The quantitative estimate of drug-likeness (QED) is 0.0815. The van der Waals surface area contributed by atoms with Crippen LogP contribution in [-0.4, -0.2) is 60.9 Å². The number of hydrogen-bond acceptors (Lipinski definition) is 10. The van der Waals surface area contributed by atoms with Crippen LogP contribution in [0.1, 0.15) is 16.9 Å². The minimum atomic E-state index is -2.21. The minimum Gasteiger partial charge on any atom is -0.487 e. The highest BCUT2D eigenvalue weighted by Crippen LogP contribution is 2.42. The average Bonchev–Trinajstić information content (AvgIpc) is 2.83. The number of nitrogens with zero attached hydrogens (tertiary/aromatic N) is 1. The molecule has 10 nitrogen and oxygen atoms in total. The molecule has 1 unspecified atom stereocenters. The van der Waals surface area contributed by atoms with E-state index in [0.717, 1.165) is 11.1 Å². The van der Waals surface area contributed by atoms with Gasteiger partial charge in [-0.15, -0.1) is 0 Å². The van der Waals surface area contributed by atoms with Crippen molar-refractivity contribution >= 4 is 8.38 Å². The molecule has 0 saturated heterocycles. The molecule has 188 valence electrons. The number of hydrogen-bond donors (Lipinski definition) is 6. The Balaban J connectivity index is 1.75. The highest BCUT2D eigenvalue weighted by Gasteiger charge is 2.19. The first-order chi connectivity index (χ1) is 16.5. The summed E-state index contributed by atoms with van der Waals surface area (Å²) in [6.07, 6.45) is 1.59. The fourth-order valence-corrected chi connectivity index (χ4v) is 3.64. The molecule has 0 amide bonds. The zero-order valence-electron chi connectivity index (χ0n) is 19.3. The summed E-state index contributed by atoms with van der Waals surface area (Å²) in [6, 6.07) is 16.9. The van der Waals surface area contributed by atoms with Crippen LogP contribution in [0.4, 0.5) is 0 Å². The molecule has 2 rings (SSSR count). The van der Waals surface area contributed by atoms with Gasteiger partial charge in [0.05, 0.1) is 38.7 Å². The predicted octanol–water partition coefficient (Wildman–Crippen LogP) is 1.12. The largest absolute Gasteiger partial charge is 0.487 e. The van der Waals surface area contributed by atoms with E-state index >= 15 is 0 Å². The first-order valence-electron chi connectivity index (χ1n) is 11.0. The molecule has 2 aromatic rings. The van der Waals surface area contributed by atoms with E-state index in [1.54, 1.807) is 30.5 Å². The van der Waals surface area contributed by atoms with Gasteiger partial charge in [0.1, 0.15) is 18.1 Å². The molecular formula is C23H36N5O5P. The Morgan fingerprint density at radius 3 is 2.32 bits per heavy atom. The number of rotatable bonds is 17. The molecule has 0 aliphatic rings. The van der Waals surface area contributed by atoms with Crippen LogP contribution < -0.4 is 27.4 Å². The molecule has 11 heteroatoms. The lowest BCUT2D eigenvalue weighted by molar-refractivity contribution is 0.0450. The second-order valence-corrected chi connectivity index (χ2v) is 8.56. The van der Waals surface area contributed by atoms with Gasteiger partial charge in [-0.2, -0.15) is 0 Å². The highest BCUT2D eigenvalue weighted by molar-refractivity contribution is 7.45. The Morgan fingerprint density at radius 1 is 1.00 bits per heavy atom. The molecule has 34 heavy (non-hydrogen) atoms. The van der Waals surface area contributed by atoms with Crippen LogP contribution in [0.15, 0.2) is 66.5 Å². The van der Waals surface area contributed by atoms with Crippen molar-refractivity contribution in [3.63, 3.8) is 0 Å². The third kappa shape index (κ3) is 11.2. The van der Waals surface area contributed by atoms with Gasteiger partial charge in [-0.05, 0) is 23.3 Å². The van der Waals surface area contributed by atoms with Gasteiger partial charge in [-0.3, -0.25) is 5.32 Å². The maximum absolute atomic E-state index is 9.87. The number of nitrogens with one attached hydrogen (secondary N) is 1. The van der Waals surface area contributed by atoms with Crippen LogP contribution in [0.3, 0.4) is 0 Å². The van der Waals surface area contributed by atoms with E-state index in [0.29, 0.717) is 57.5 Å². The van der Waals surface area contributed by atoms with Crippen molar-refractivity contribution < 1.29 is 24.0 Å². The smallest absolute Gasteiger partial charge is 0.188 e. The molecule has 2 aromatic carbocycles. The van der Waals surface area contributed by atoms with Gasteiger partial charge in [-0.25, -0.2) is 5.84 Å². The van der Waals surface area contributed by atoms with E-state index in [1.165, 1.54) is 5.01 Å². The Labute approximate surface area is 202 Å². The van der Waals surface area contributed by atoms with Gasteiger partial charge in [-0.1, -0.05) is 42.5 Å². The molecule has 0 spiro atoms. The second kappa shape index (κ2) is 16.4. The first kappa shape index (κ1) is 28.0. The molecule has 0 aromatic heterocycles. The van der Waals surface area contributed by atoms with Gasteiger partial charge < -0.3 is 40.5 Å². The minimum absolute atomic E-state index is 0.156. The second-order valence-electron chi connectivity index (χ2n) is 7.40. The van der Waals surface area contributed by atoms with Gasteiger partial charge >= 0.3 is 0 Å². The van der Waals surface area contributed by atoms with Crippen molar-refractivity contribution in [2.45, 2.75) is 12.3 Å². The molecule has 0 heterocycles. The van der Waals surface area contributed by atoms with Crippen LogP contribution in [0.5, 0.6) is 5.75 Å². The molecule has 0 fully saturated rings. The zero-order valence-corrected chi connectivity index (χ0v) is 20.1. The molecule has 0 aliphatic heterocycles. The number of benzene rings is 2. The Morgan fingerprint density at radius 2 is 1.68 bits per heavy atom. The Kier molecular flexibility index (Phi) is 13.5. The van der Waals surface area contributed by atoms with Gasteiger partial charge in [0.25, 0.3) is 0 Å². The van der Waals surface area contributed by atoms with Gasteiger partial charge in [0, 0.05) is 19.3 Å². The van der Waals surface area contributed by atoms with Crippen LogP contribution in [0, 0.1) is 0 Å². The maximum atomic E-state index is 9.87. The number of hydrazine groups is 1. The van der Waals surface area contributed by atoms with Crippen molar-refractivity contribution in [1.29, 1.82) is 0 Å². The summed E-state index contributed by atoms with van der Waals surface area (Å²) < 4.78 is 16.3. The fourth-order valence-electron chi connectivity index (χ4n) is 2.95. The van der Waals surface area contributed by atoms with Crippen LogP contribution in [-0.2, 0) is 16.0 Å². The summed E-state index contributed by atoms with van der Waals surface area (Å²) in [5.74, 6) is 5.93. The molecule has 0 bridgehead atoms. The third-order valence-corrected chi connectivity index (χ3v) is 5.58. The number of nitrogens with two attached hydrogens (primary N) is 3. The van der Waals surface area contributed by atoms with Crippen LogP contribution in [0.2, 0.25) is 0 Å². The molecule has 9 N–H and O–H groups in total. The lowest BCUT2D eigenvalue weighted by Gasteiger charge is -2.20. The summed E-state index contributed by atoms with van der Waals surface area (Å²) in [6.45, 7) is 3.56. The molecule has 1 atom stereocenters. The van der Waals surface area contributed by atoms with E-state index < -0.39 is 14.2 Å². The summed E-state index contributed by atoms with van der Waals surface area (Å²) in [5, 5.41) is 4.63. The van der Waals surface area contributed by atoms with Crippen molar-refractivity contribution in [3.8, 4) is 5.75 Å². The standard InChI is InChI=1S/C23H36N5O5P/c24-10-12-31-14-15-32-13-11-28(26)17-21(25)18-33-22-8-6-20(7-9-22)23(34(29)30)27-16-19-4-2-1-3-5-19/h1-9,17,23,27,29-30H,10-16,18,24-26H2/b21-17-. The molecule has 0 saturated carbocycles. The van der Waals surface area contributed by atoms with E-state index in [9.17, 15) is 9.79 Å². The predicted molar refractivity (Wildman–Crippen MR) is 133 cm³/mol. The zero-order chi connectivity index (χ0) is 24.6. The van der Waals surface area contributed by atoms with Crippen LogP contribution in [0.25, 0.3) is 0 Å². The highest BCUT2D eigenvalue weighted by atomic mass is 31.2. The van der Waals surface area contributed by atoms with Crippen molar-refractivity contribution in [2.24, 2.45) is 17.3 Å². The van der Waals surface area contributed by atoms with E-state index in [2.05, 4.69) is 5.32 Å². The summed E-state index contributed by atoms with van der Waals surface area (Å²) in [5.41, 5.74) is 13.6. The normalized spacial score (nSPS) is 12.7. The fraction of sp³-hybridized carbons (Fsp3) is 0.391. The number of ether oxygens (including phenoxy) is 3. The lowest BCUT2D eigenvalue weighted by atomic mass is 10.2. The monoisotopic (exact) mass is 493 g/mol. The van der Waals surface area contributed by atoms with Gasteiger partial charge in [0.15, 0.2) is 8.38 Å². The average molecular weight is 494 g/mol. The van der Waals surface area contributed by atoms with Crippen molar-refractivity contribution in [3.05, 3.63) is 77.6 Å². The third-order valence-electron chi connectivity index (χ3n) is 4.63. The van der Waals surface area contributed by atoms with Crippen LogP contribution >= 0.6 is 8.38 Å². The topological polar surface area (TPSA) is 161 Å². The summed E-state index contributed by atoms with van der Waals surface area (Å²) in [4.78, 5) is 19.7. The Hall–Kier alpha value is -2.27. The van der Waals surface area contributed by atoms with Crippen molar-refractivity contribution in [1.82, 2.24) is 10.3 Å². The SMILES string of the molecule is NCCOCCOCCN(N)/C=C(\N)COc1ccc(C(NCc2ccccc2)P(O)O)cc1. The van der Waals surface area contributed by atoms with Gasteiger partial charge in [0.2, 0.25) is 0 Å². The Bertz CT molecular complexity index is 826. The lowest BCUT2D eigenvalue weighted by Crippen LogP contribution is -2.31. The molecule has 0 aliphatic carbocycles. The maximum Gasteiger partial charge on any atom is 0.188 e. The first-order valence-corrected chi connectivity index (χ1v) is 12.3. The molecular weight excluding hydrogens is 457 g/mol. The van der Waals surface area contributed by atoms with E-state index in [4.69, 9.17) is 31.5 Å².